The van der Waals surface area contributed by atoms with Crippen molar-refractivity contribution in [3.8, 4) is 0 Å². The highest BCUT2D eigenvalue weighted by atomic mass is 16.1. The van der Waals surface area contributed by atoms with Crippen LogP contribution < -0.4 is 0 Å². The average molecular weight is 229 g/mol. The maximum atomic E-state index is 11.4. The van der Waals surface area contributed by atoms with E-state index in [-0.39, 0.29) is 5.78 Å². The van der Waals surface area contributed by atoms with E-state index in [4.69, 9.17) is 0 Å². The van der Waals surface area contributed by atoms with E-state index in [1.54, 1.807) is 6.92 Å². The van der Waals surface area contributed by atoms with Gasteiger partial charge in [-0.15, -0.1) is 10.2 Å². The van der Waals surface area contributed by atoms with Crippen molar-refractivity contribution in [2.45, 2.75) is 38.5 Å². The number of carbonyl (C=O) groups excluding carboxylic acids is 1. The minimum absolute atomic E-state index is 0.0815. The van der Waals surface area contributed by atoms with Crippen LogP contribution in [0.2, 0.25) is 0 Å². The molecule has 17 heavy (non-hydrogen) atoms. The van der Waals surface area contributed by atoms with Crippen LogP contribution in [0.5, 0.6) is 0 Å². The molecule has 2 heterocycles. The number of fused-ring (bicyclic) bond motifs is 1. The third-order valence-corrected chi connectivity index (χ3v) is 3.56. The monoisotopic (exact) mass is 229 g/mol. The molecule has 4 heteroatoms. The minimum Gasteiger partial charge on any atom is -0.294 e. The molecular weight excluding hydrogens is 214 g/mol. The first-order valence-electron chi connectivity index (χ1n) is 6.11. The zero-order valence-corrected chi connectivity index (χ0v) is 9.89. The van der Waals surface area contributed by atoms with E-state index in [0.29, 0.717) is 5.92 Å². The Kier molecular flexibility index (Phi) is 2.42. The summed E-state index contributed by atoms with van der Waals surface area (Å²) >= 11 is 0. The number of rotatable bonds is 2. The van der Waals surface area contributed by atoms with Crippen molar-refractivity contribution in [2.75, 3.05) is 0 Å². The summed E-state index contributed by atoms with van der Waals surface area (Å²) < 4.78 is 1.98. The Hall–Kier alpha value is -1.71. The fourth-order valence-electron chi connectivity index (χ4n) is 2.58. The van der Waals surface area contributed by atoms with Crippen LogP contribution in [0, 0.1) is 0 Å². The van der Waals surface area contributed by atoms with Crippen molar-refractivity contribution in [3.63, 3.8) is 0 Å². The van der Waals surface area contributed by atoms with Crippen LogP contribution in [0.15, 0.2) is 18.3 Å². The van der Waals surface area contributed by atoms with Gasteiger partial charge in [-0.1, -0.05) is 12.8 Å². The van der Waals surface area contributed by atoms with Crippen LogP contribution in [0.1, 0.15) is 54.7 Å². The second-order valence-electron chi connectivity index (χ2n) is 4.74. The molecule has 1 fully saturated rings. The van der Waals surface area contributed by atoms with Crippen molar-refractivity contribution >= 4 is 11.4 Å². The minimum atomic E-state index is 0.0815. The van der Waals surface area contributed by atoms with Crippen molar-refractivity contribution in [3.05, 3.63) is 29.7 Å². The molecular formula is C13H15N3O. The fourth-order valence-corrected chi connectivity index (χ4v) is 2.58. The van der Waals surface area contributed by atoms with Gasteiger partial charge in [-0.2, -0.15) is 0 Å². The van der Waals surface area contributed by atoms with E-state index in [1.165, 1.54) is 25.7 Å². The molecule has 1 aliphatic carbocycles. The fraction of sp³-hybridized carbons (Fsp3) is 0.462. The van der Waals surface area contributed by atoms with Gasteiger partial charge in [0.15, 0.2) is 11.4 Å². The largest absolute Gasteiger partial charge is 0.294 e. The van der Waals surface area contributed by atoms with E-state index < -0.39 is 0 Å². The second kappa shape index (κ2) is 3.95. The van der Waals surface area contributed by atoms with Gasteiger partial charge < -0.3 is 0 Å². The maximum absolute atomic E-state index is 11.4. The number of hydrogen-bond acceptors (Lipinski definition) is 3. The van der Waals surface area contributed by atoms with E-state index in [2.05, 4.69) is 10.2 Å². The molecule has 0 saturated heterocycles. The molecule has 4 nitrogen and oxygen atoms in total. The van der Waals surface area contributed by atoms with Gasteiger partial charge in [-0.3, -0.25) is 9.20 Å². The molecule has 0 amide bonds. The first-order chi connectivity index (χ1) is 8.25. The number of hydrogen-bond donors (Lipinski definition) is 0. The molecule has 0 aliphatic heterocycles. The van der Waals surface area contributed by atoms with Gasteiger partial charge in [-0.05, 0) is 31.9 Å². The molecule has 2 aromatic rings. The average Bonchev–Trinajstić information content (AvgIpc) is 2.96. The van der Waals surface area contributed by atoms with E-state index >= 15 is 0 Å². The predicted octanol–water partition coefficient (Wildman–Crippen LogP) is 2.59. The van der Waals surface area contributed by atoms with Gasteiger partial charge in [0, 0.05) is 17.7 Å². The van der Waals surface area contributed by atoms with E-state index in [1.807, 2.05) is 22.7 Å². The van der Waals surface area contributed by atoms with Gasteiger partial charge in [0.1, 0.15) is 5.82 Å². The number of pyridine rings is 1. The molecule has 0 radical (unpaired) electrons. The summed E-state index contributed by atoms with van der Waals surface area (Å²) in [5, 5.41) is 8.44. The third kappa shape index (κ3) is 1.73. The Morgan fingerprint density at radius 3 is 2.76 bits per heavy atom. The number of aromatic nitrogens is 3. The zero-order chi connectivity index (χ0) is 11.8. The van der Waals surface area contributed by atoms with Crippen molar-refractivity contribution in [1.82, 2.24) is 14.6 Å². The number of nitrogens with zero attached hydrogens (tertiary/aromatic N) is 3. The van der Waals surface area contributed by atoms with Gasteiger partial charge in [-0.25, -0.2) is 0 Å². The smallest absolute Gasteiger partial charge is 0.161 e. The summed E-state index contributed by atoms with van der Waals surface area (Å²) in [5.74, 6) is 1.60. The lowest BCUT2D eigenvalue weighted by Crippen LogP contribution is -2.02. The number of carbonyl (C=O) groups is 1. The lowest BCUT2D eigenvalue weighted by Gasteiger charge is -2.07. The van der Waals surface area contributed by atoms with Gasteiger partial charge in [0.2, 0.25) is 0 Å². The predicted molar refractivity (Wildman–Crippen MR) is 64.2 cm³/mol. The van der Waals surface area contributed by atoms with E-state index in [9.17, 15) is 4.79 Å². The molecule has 3 rings (SSSR count). The van der Waals surface area contributed by atoms with Crippen LogP contribution in [-0.4, -0.2) is 20.4 Å². The summed E-state index contributed by atoms with van der Waals surface area (Å²) in [7, 11) is 0. The summed E-state index contributed by atoms with van der Waals surface area (Å²) in [4.78, 5) is 11.4. The topological polar surface area (TPSA) is 47.3 Å². The lowest BCUT2D eigenvalue weighted by atomic mass is 10.1. The summed E-state index contributed by atoms with van der Waals surface area (Å²) in [5.41, 5.74) is 1.55. The summed E-state index contributed by atoms with van der Waals surface area (Å²) in [6.45, 7) is 1.58. The van der Waals surface area contributed by atoms with Crippen molar-refractivity contribution < 1.29 is 4.79 Å². The third-order valence-electron chi connectivity index (χ3n) is 3.56. The first-order valence-corrected chi connectivity index (χ1v) is 6.11. The maximum Gasteiger partial charge on any atom is 0.161 e. The van der Waals surface area contributed by atoms with E-state index in [0.717, 1.165) is 17.0 Å². The summed E-state index contributed by atoms with van der Waals surface area (Å²) in [6.07, 6.45) is 6.78. The Morgan fingerprint density at radius 2 is 2.06 bits per heavy atom. The van der Waals surface area contributed by atoms with Crippen LogP contribution >= 0.6 is 0 Å². The molecule has 1 aliphatic rings. The molecule has 0 spiro atoms. The molecule has 88 valence electrons. The number of ketones is 1. The van der Waals surface area contributed by atoms with Gasteiger partial charge in [0.05, 0.1) is 0 Å². The highest BCUT2D eigenvalue weighted by Gasteiger charge is 2.22. The summed E-state index contributed by atoms with van der Waals surface area (Å²) in [6, 6.07) is 3.67. The molecule has 1 saturated carbocycles. The molecule has 2 aromatic heterocycles. The number of Topliss-reactive ketones (excluding diaryl/α,β-unsaturated/α-hetero) is 1. The quantitative estimate of drug-likeness (QED) is 0.743. The molecule has 0 N–H and O–H groups in total. The Labute approximate surface area is 99.7 Å². The molecule has 0 aromatic carbocycles. The molecule has 0 atom stereocenters. The second-order valence-corrected chi connectivity index (χ2v) is 4.74. The van der Waals surface area contributed by atoms with Gasteiger partial charge in [0.25, 0.3) is 0 Å². The zero-order valence-electron chi connectivity index (χ0n) is 9.89. The van der Waals surface area contributed by atoms with Crippen molar-refractivity contribution in [1.29, 1.82) is 0 Å². The Morgan fingerprint density at radius 1 is 1.29 bits per heavy atom. The highest BCUT2D eigenvalue weighted by molar-refractivity contribution is 5.94. The Balaban J connectivity index is 2.11. The molecule has 0 bridgehead atoms. The SMILES string of the molecule is CC(=O)c1ccc2nnc(C3CCCC3)n2c1. The van der Waals surface area contributed by atoms with Gasteiger partial charge >= 0.3 is 0 Å². The Bertz CT molecular complexity index is 567. The highest BCUT2D eigenvalue weighted by Crippen LogP contribution is 2.33. The van der Waals surface area contributed by atoms with Crippen molar-refractivity contribution in [2.24, 2.45) is 0 Å². The normalized spacial score (nSPS) is 16.8. The van der Waals surface area contributed by atoms with Crippen LogP contribution in [0.4, 0.5) is 0 Å². The standard InChI is InChI=1S/C13H15N3O/c1-9(17)11-6-7-12-14-15-13(16(12)8-11)10-4-2-3-5-10/h6-8,10H,2-5H2,1H3. The lowest BCUT2D eigenvalue weighted by molar-refractivity contribution is 0.101. The van der Waals surface area contributed by atoms with Crippen LogP contribution in [0.25, 0.3) is 5.65 Å². The van der Waals surface area contributed by atoms with Crippen LogP contribution in [0.3, 0.4) is 0 Å². The first kappa shape index (κ1) is 10.4. The van der Waals surface area contributed by atoms with Crippen LogP contribution in [-0.2, 0) is 0 Å². The molecule has 0 unspecified atom stereocenters.